The molecule has 0 radical (unpaired) electrons. The number of ether oxygens (including phenoxy) is 2. The Bertz CT molecular complexity index is 1410. The summed E-state index contributed by atoms with van der Waals surface area (Å²) >= 11 is 1.13. The molecule has 1 saturated heterocycles. The van der Waals surface area contributed by atoms with Gasteiger partial charge in [0.2, 0.25) is 0 Å². The Kier molecular flexibility index (Phi) is 6.73. The van der Waals surface area contributed by atoms with Crippen LogP contribution < -0.4 is 19.5 Å². The van der Waals surface area contributed by atoms with E-state index < -0.39 is 5.91 Å². The van der Waals surface area contributed by atoms with Crippen LogP contribution in [0.3, 0.4) is 0 Å². The van der Waals surface area contributed by atoms with Gasteiger partial charge in [0.25, 0.3) is 11.5 Å². The molecule has 7 nitrogen and oxygen atoms in total. The van der Waals surface area contributed by atoms with Gasteiger partial charge in [-0.05, 0) is 30.7 Å². The third kappa shape index (κ3) is 4.60. The second-order valence-electron chi connectivity index (χ2n) is 7.53. The molecule has 168 valence electrons. The van der Waals surface area contributed by atoms with E-state index in [1.807, 2.05) is 31.2 Å². The van der Waals surface area contributed by atoms with Gasteiger partial charge < -0.3 is 14.4 Å². The maximum Gasteiger partial charge on any atom is 0.273 e. The third-order valence-corrected chi connectivity index (χ3v) is 6.42. The molecule has 0 N–H and O–H groups in total. The van der Waals surface area contributed by atoms with Crippen molar-refractivity contribution in [2.24, 2.45) is 0 Å². The van der Waals surface area contributed by atoms with Crippen LogP contribution in [0.1, 0.15) is 11.1 Å². The molecule has 0 saturated carbocycles. The van der Waals surface area contributed by atoms with E-state index in [1.165, 1.54) is 11.7 Å². The molecule has 0 bridgehead atoms. The monoisotopic (exact) mass is 461 g/mol. The zero-order valence-corrected chi connectivity index (χ0v) is 19.2. The van der Waals surface area contributed by atoms with Gasteiger partial charge in [-0.15, -0.1) is 11.3 Å². The van der Waals surface area contributed by atoms with Crippen LogP contribution in [0.25, 0.3) is 17.3 Å². The van der Waals surface area contributed by atoms with Gasteiger partial charge in [0.05, 0.1) is 30.5 Å². The Morgan fingerprint density at radius 3 is 2.64 bits per heavy atom. The van der Waals surface area contributed by atoms with E-state index >= 15 is 0 Å². The molecule has 1 aliphatic heterocycles. The van der Waals surface area contributed by atoms with E-state index in [4.69, 9.17) is 9.47 Å². The van der Waals surface area contributed by atoms with Crippen molar-refractivity contribution in [2.45, 2.75) is 6.92 Å². The number of hydrogen-bond acceptors (Lipinski definition) is 6. The van der Waals surface area contributed by atoms with Gasteiger partial charge in [0, 0.05) is 13.1 Å². The van der Waals surface area contributed by atoms with Crippen molar-refractivity contribution in [1.29, 1.82) is 5.26 Å². The Morgan fingerprint density at radius 2 is 1.94 bits per heavy atom. The molecular weight excluding hydrogens is 438 g/mol. The molecule has 0 atom stereocenters. The summed E-state index contributed by atoms with van der Waals surface area (Å²) in [5.41, 5.74) is 2.02. The van der Waals surface area contributed by atoms with Gasteiger partial charge in [0.1, 0.15) is 16.5 Å². The first-order valence-electron chi connectivity index (χ1n) is 10.5. The van der Waals surface area contributed by atoms with Crippen LogP contribution in [0.5, 0.6) is 5.75 Å². The van der Waals surface area contributed by atoms with Crippen LogP contribution in [-0.4, -0.2) is 48.8 Å². The van der Waals surface area contributed by atoms with E-state index in [2.05, 4.69) is 6.07 Å². The second kappa shape index (κ2) is 9.86. The van der Waals surface area contributed by atoms with E-state index in [0.29, 0.717) is 42.3 Å². The van der Waals surface area contributed by atoms with E-state index in [0.717, 1.165) is 22.5 Å². The van der Waals surface area contributed by atoms with Gasteiger partial charge in [-0.1, -0.05) is 42.0 Å². The molecular formula is C25H23N3O4S. The number of thiazole rings is 1. The van der Waals surface area contributed by atoms with Gasteiger partial charge in [0.15, 0.2) is 5.57 Å². The molecule has 3 aromatic rings. The molecule has 33 heavy (non-hydrogen) atoms. The van der Waals surface area contributed by atoms with Crippen LogP contribution in [0, 0.1) is 18.3 Å². The van der Waals surface area contributed by atoms with E-state index in [-0.39, 0.29) is 15.8 Å². The predicted molar refractivity (Wildman–Crippen MR) is 127 cm³/mol. The standard InChI is InChI=1S/C25H23N3O4S/c1-17-6-5-7-18(14-17)15-22-24(30)28(20-8-3-4-9-21(20)31-2)25(33-22)19(16-26)23(29)27-10-12-32-13-11-27/h3-9,14-15H,10-13H2,1-2H3/b22-15+,25-19-. The normalized spacial score (nSPS) is 15.2. The zero-order valence-electron chi connectivity index (χ0n) is 18.4. The maximum absolute atomic E-state index is 13.6. The zero-order chi connectivity index (χ0) is 23.4. The molecule has 1 fully saturated rings. The van der Waals surface area contributed by atoms with Gasteiger partial charge in [-0.2, -0.15) is 5.26 Å². The number of carbonyl (C=O) groups is 1. The number of nitriles is 1. The quantitative estimate of drug-likeness (QED) is 0.589. The minimum Gasteiger partial charge on any atom is -0.495 e. The fourth-order valence-electron chi connectivity index (χ4n) is 3.71. The lowest BCUT2D eigenvalue weighted by atomic mass is 10.1. The number of para-hydroxylation sites is 2. The third-order valence-electron chi connectivity index (χ3n) is 5.33. The topological polar surface area (TPSA) is 84.6 Å². The minimum absolute atomic E-state index is 0.0752. The van der Waals surface area contributed by atoms with Gasteiger partial charge in [-0.25, -0.2) is 0 Å². The fraction of sp³-hybridized carbons (Fsp3) is 0.240. The van der Waals surface area contributed by atoms with Crippen molar-refractivity contribution in [1.82, 2.24) is 9.47 Å². The van der Waals surface area contributed by atoms with Crippen LogP contribution in [-0.2, 0) is 9.53 Å². The van der Waals surface area contributed by atoms with Crippen LogP contribution in [0.2, 0.25) is 0 Å². The van der Waals surface area contributed by atoms with Gasteiger partial charge >= 0.3 is 0 Å². The number of carbonyl (C=O) groups excluding carboxylic acids is 1. The Labute approximate surface area is 195 Å². The summed E-state index contributed by atoms with van der Waals surface area (Å²) in [4.78, 5) is 28.4. The second-order valence-corrected chi connectivity index (χ2v) is 8.56. The fourth-order valence-corrected chi connectivity index (χ4v) is 4.80. The van der Waals surface area contributed by atoms with Crippen molar-refractivity contribution in [2.75, 3.05) is 33.4 Å². The number of rotatable bonds is 4. The highest BCUT2D eigenvalue weighted by Crippen LogP contribution is 2.20. The molecule has 0 aliphatic carbocycles. The number of methoxy groups -OCH3 is 1. The summed E-state index contributed by atoms with van der Waals surface area (Å²) < 4.78 is 12.9. The Balaban J connectivity index is 2.03. The number of morpholine rings is 1. The summed E-state index contributed by atoms with van der Waals surface area (Å²) in [6.07, 6.45) is 1.78. The highest BCUT2D eigenvalue weighted by molar-refractivity contribution is 7.07. The van der Waals surface area contributed by atoms with Gasteiger partial charge in [-0.3, -0.25) is 14.2 Å². The lowest BCUT2D eigenvalue weighted by molar-refractivity contribution is -0.128. The SMILES string of the molecule is COc1ccccc1-n1c(=O)/c(=C\c2cccc(C)c2)s/c1=C(/C#N)C(=O)N1CCOCC1. The van der Waals surface area contributed by atoms with Crippen molar-refractivity contribution in [3.05, 3.63) is 79.2 Å². The van der Waals surface area contributed by atoms with E-state index in [9.17, 15) is 14.9 Å². The maximum atomic E-state index is 13.6. The van der Waals surface area contributed by atoms with E-state index in [1.54, 1.807) is 35.2 Å². The summed E-state index contributed by atoms with van der Waals surface area (Å²) in [5, 5.41) is 9.99. The molecule has 8 heteroatoms. The lowest BCUT2D eigenvalue weighted by Gasteiger charge is -2.26. The van der Waals surface area contributed by atoms with Crippen LogP contribution in [0.15, 0.2) is 53.3 Å². The Hall–Kier alpha value is -3.67. The first-order valence-corrected chi connectivity index (χ1v) is 11.3. The van der Waals surface area contributed by atoms with Crippen molar-refractivity contribution in [3.63, 3.8) is 0 Å². The highest BCUT2D eigenvalue weighted by atomic mass is 32.1. The van der Waals surface area contributed by atoms with Crippen molar-refractivity contribution in [3.8, 4) is 17.5 Å². The number of nitrogens with zero attached hydrogens (tertiary/aromatic N) is 3. The smallest absolute Gasteiger partial charge is 0.273 e. The summed E-state index contributed by atoms with van der Waals surface area (Å²) in [6.45, 7) is 3.61. The lowest BCUT2D eigenvalue weighted by Crippen LogP contribution is -2.42. The Morgan fingerprint density at radius 1 is 1.18 bits per heavy atom. The minimum atomic E-state index is -0.409. The largest absolute Gasteiger partial charge is 0.495 e. The average molecular weight is 462 g/mol. The summed E-state index contributed by atoms with van der Waals surface area (Å²) in [7, 11) is 1.52. The molecule has 1 aromatic heterocycles. The molecule has 0 spiro atoms. The first kappa shape index (κ1) is 22.5. The van der Waals surface area contributed by atoms with Crippen molar-refractivity contribution >= 4 is 28.9 Å². The average Bonchev–Trinajstić information content (AvgIpc) is 3.15. The number of aryl methyl sites for hydroxylation is 1. The molecule has 2 aromatic carbocycles. The summed E-state index contributed by atoms with van der Waals surface area (Å²) in [6, 6.07) is 16.9. The van der Waals surface area contributed by atoms with Crippen LogP contribution >= 0.6 is 11.3 Å². The number of amides is 1. The molecule has 2 heterocycles. The molecule has 4 rings (SSSR count). The van der Waals surface area contributed by atoms with Crippen LogP contribution in [0.4, 0.5) is 0 Å². The van der Waals surface area contributed by atoms with Crippen molar-refractivity contribution < 1.29 is 14.3 Å². The predicted octanol–water partition coefficient (Wildman–Crippen LogP) is 1.58. The number of aromatic nitrogens is 1. The highest BCUT2D eigenvalue weighted by Gasteiger charge is 2.24. The molecule has 1 aliphatic rings. The number of hydrogen-bond donors (Lipinski definition) is 0. The molecule has 0 unspecified atom stereocenters. The first-order chi connectivity index (χ1) is 16.0. The summed E-state index contributed by atoms with van der Waals surface area (Å²) in [5.74, 6) is 0.0599. The number of benzene rings is 2. The molecule has 1 amide bonds.